The van der Waals surface area contributed by atoms with Crippen LogP contribution in [0.5, 0.6) is 5.75 Å². The molecule has 2 atom stereocenters. The predicted molar refractivity (Wildman–Crippen MR) is 102 cm³/mol. The second-order valence-corrected chi connectivity index (χ2v) is 7.00. The molecule has 1 aliphatic rings. The normalized spacial score (nSPS) is 18.8. The highest BCUT2D eigenvalue weighted by atomic mass is 16.5. The summed E-state index contributed by atoms with van der Waals surface area (Å²) in [6, 6.07) is 17.0. The highest BCUT2D eigenvalue weighted by Crippen LogP contribution is 2.43. The van der Waals surface area contributed by atoms with Crippen LogP contribution in [0.25, 0.3) is 11.0 Å². The summed E-state index contributed by atoms with van der Waals surface area (Å²) in [4.78, 5) is 12.8. The third kappa shape index (κ3) is 2.70. The number of ether oxygens (including phenoxy) is 1. The summed E-state index contributed by atoms with van der Waals surface area (Å²) in [5.41, 5.74) is 2.13. The Bertz CT molecular complexity index is 1140. The van der Waals surface area contributed by atoms with E-state index < -0.39 is 17.5 Å². The average molecular weight is 358 g/mol. The molecule has 27 heavy (non-hydrogen) atoms. The maximum absolute atomic E-state index is 12.8. The number of nitrogens with zero attached hydrogens (tertiary/aromatic N) is 1. The molecule has 1 aliphatic heterocycles. The molecule has 0 saturated carbocycles. The summed E-state index contributed by atoms with van der Waals surface area (Å²) in [6.45, 7) is 4.21. The standard InChI is InChI=1S/C22H18N2O3/c1-12(2)13-7-9-14(10-8-13)18-16(11-23)21(24)27-20-15-5-3-4-6-17(15)26-22(25)19(18)20/h3-10,12,16,18,24H,1-2H3. The van der Waals surface area contributed by atoms with Crippen molar-refractivity contribution in [2.75, 3.05) is 0 Å². The van der Waals surface area contributed by atoms with Gasteiger partial charge in [0.05, 0.1) is 17.0 Å². The van der Waals surface area contributed by atoms with Gasteiger partial charge in [-0.15, -0.1) is 0 Å². The molecule has 1 N–H and O–H groups in total. The van der Waals surface area contributed by atoms with Gasteiger partial charge in [-0.2, -0.15) is 5.26 Å². The van der Waals surface area contributed by atoms with Crippen molar-refractivity contribution in [3.63, 3.8) is 0 Å². The minimum Gasteiger partial charge on any atom is -0.441 e. The third-order valence-corrected chi connectivity index (χ3v) is 5.04. The SMILES string of the molecule is CC(C)c1ccc(C2c3c(c4ccccc4oc3=O)OC(=N)C2C#N)cc1. The molecule has 1 aromatic heterocycles. The third-order valence-electron chi connectivity index (χ3n) is 5.04. The average Bonchev–Trinajstić information content (AvgIpc) is 2.67. The number of rotatable bonds is 2. The van der Waals surface area contributed by atoms with Gasteiger partial charge in [0.2, 0.25) is 5.90 Å². The molecule has 4 rings (SSSR count). The van der Waals surface area contributed by atoms with Crippen molar-refractivity contribution in [1.29, 1.82) is 10.7 Å². The lowest BCUT2D eigenvalue weighted by molar-refractivity contribution is 0.431. The van der Waals surface area contributed by atoms with Gasteiger partial charge in [0, 0.05) is 5.92 Å². The lowest BCUT2D eigenvalue weighted by Gasteiger charge is -2.29. The van der Waals surface area contributed by atoms with Crippen LogP contribution in [-0.2, 0) is 0 Å². The Hall–Kier alpha value is -3.39. The first-order valence-electron chi connectivity index (χ1n) is 8.82. The smallest absolute Gasteiger partial charge is 0.343 e. The summed E-state index contributed by atoms with van der Waals surface area (Å²) >= 11 is 0. The van der Waals surface area contributed by atoms with Gasteiger partial charge in [-0.1, -0.05) is 50.2 Å². The molecule has 2 unspecified atom stereocenters. The fraction of sp³-hybridized carbons (Fsp3) is 0.227. The molecule has 0 saturated heterocycles. The lowest BCUT2D eigenvalue weighted by Crippen LogP contribution is -2.34. The molecule has 0 spiro atoms. The van der Waals surface area contributed by atoms with Crippen LogP contribution in [0.2, 0.25) is 0 Å². The molecule has 0 bridgehead atoms. The second-order valence-electron chi connectivity index (χ2n) is 7.00. The molecule has 134 valence electrons. The van der Waals surface area contributed by atoms with Gasteiger partial charge in [0.15, 0.2) is 5.75 Å². The number of benzene rings is 2. The molecule has 5 nitrogen and oxygen atoms in total. The minimum atomic E-state index is -0.883. The van der Waals surface area contributed by atoms with Crippen molar-refractivity contribution in [1.82, 2.24) is 0 Å². The molecule has 5 heteroatoms. The van der Waals surface area contributed by atoms with Crippen LogP contribution in [-0.4, -0.2) is 5.90 Å². The van der Waals surface area contributed by atoms with Crippen LogP contribution in [0.4, 0.5) is 0 Å². The number of hydrogen-bond acceptors (Lipinski definition) is 5. The molecule has 2 aromatic carbocycles. The molecule has 0 aliphatic carbocycles. The summed E-state index contributed by atoms with van der Waals surface area (Å²) in [5.74, 6) is -0.949. The van der Waals surface area contributed by atoms with Gasteiger partial charge < -0.3 is 9.15 Å². The summed E-state index contributed by atoms with van der Waals surface area (Å²) in [6.07, 6.45) is 0. The Morgan fingerprint density at radius 3 is 2.48 bits per heavy atom. The Morgan fingerprint density at radius 2 is 1.81 bits per heavy atom. The molecule has 0 fully saturated rings. The fourth-order valence-corrected chi connectivity index (χ4v) is 3.59. The maximum Gasteiger partial charge on any atom is 0.343 e. The number of nitrogens with one attached hydrogen (secondary N) is 1. The molecule has 0 amide bonds. The van der Waals surface area contributed by atoms with E-state index in [-0.39, 0.29) is 5.90 Å². The van der Waals surface area contributed by atoms with E-state index >= 15 is 0 Å². The van der Waals surface area contributed by atoms with Crippen LogP contribution in [0.15, 0.2) is 57.7 Å². The van der Waals surface area contributed by atoms with Gasteiger partial charge in [0.25, 0.3) is 0 Å². The van der Waals surface area contributed by atoms with Gasteiger partial charge >= 0.3 is 5.63 Å². The van der Waals surface area contributed by atoms with E-state index in [1.165, 1.54) is 5.56 Å². The number of fused-ring (bicyclic) bond motifs is 3. The van der Waals surface area contributed by atoms with Crippen LogP contribution in [0, 0.1) is 22.7 Å². The Balaban J connectivity index is 1.98. The number of nitriles is 1. The highest BCUT2D eigenvalue weighted by molar-refractivity contribution is 5.93. The fourth-order valence-electron chi connectivity index (χ4n) is 3.59. The van der Waals surface area contributed by atoms with Crippen molar-refractivity contribution in [3.05, 3.63) is 75.6 Å². The van der Waals surface area contributed by atoms with Crippen LogP contribution >= 0.6 is 0 Å². The van der Waals surface area contributed by atoms with E-state index in [9.17, 15) is 10.1 Å². The topological polar surface area (TPSA) is 87.1 Å². The minimum absolute atomic E-state index is 0.154. The Kier molecular flexibility index (Phi) is 4.04. The Morgan fingerprint density at radius 1 is 1.11 bits per heavy atom. The van der Waals surface area contributed by atoms with E-state index in [1.54, 1.807) is 18.2 Å². The first-order valence-corrected chi connectivity index (χ1v) is 8.82. The summed E-state index contributed by atoms with van der Waals surface area (Å²) in [5, 5.41) is 18.5. The van der Waals surface area contributed by atoms with E-state index in [2.05, 4.69) is 19.9 Å². The van der Waals surface area contributed by atoms with E-state index in [0.717, 1.165) is 5.56 Å². The molecule has 0 radical (unpaired) electrons. The van der Waals surface area contributed by atoms with Crippen molar-refractivity contribution >= 4 is 16.9 Å². The van der Waals surface area contributed by atoms with E-state index in [4.69, 9.17) is 14.6 Å². The van der Waals surface area contributed by atoms with Crippen LogP contribution in [0.1, 0.15) is 42.4 Å². The van der Waals surface area contributed by atoms with Gasteiger partial charge in [-0.3, -0.25) is 5.41 Å². The summed E-state index contributed by atoms with van der Waals surface area (Å²) < 4.78 is 11.1. The van der Waals surface area contributed by atoms with Crippen molar-refractivity contribution < 1.29 is 9.15 Å². The monoisotopic (exact) mass is 358 g/mol. The largest absolute Gasteiger partial charge is 0.441 e. The highest BCUT2D eigenvalue weighted by Gasteiger charge is 2.40. The molecular weight excluding hydrogens is 340 g/mol. The molecule has 3 aromatic rings. The first-order chi connectivity index (χ1) is 13.0. The van der Waals surface area contributed by atoms with Crippen LogP contribution < -0.4 is 10.4 Å². The van der Waals surface area contributed by atoms with Crippen molar-refractivity contribution in [2.24, 2.45) is 5.92 Å². The molecular formula is C22H18N2O3. The van der Waals surface area contributed by atoms with Gasteiger partial charge in [-0.05, 0) is 29.2 Å². The summed E-state index contributed by atoms with van der Waals surface area (Å²) in [7, 11) is 0. The first kappa shape index (κ1) is 17.0. The van der Waals surface area contributed by atoms with E-state index in [0.29, 0.717) is 28.2 Å². The van der Waals surface area contributed by atoms with Crippen molar-refractivity contribution in [2.45, 2.75) is 25.7 Å². The van der Waals surface area contributed by atoms with Gasteiger partial charge in [0.1, 0.15) is 11.5 Å². The number of hydrogen-bond donors (Lipinski definition) is 1. The van der Waals surface area contributed by atoms with Gasteiger partial charge in [-0.25, -0.2) is 4.79 Å². The second kappa shape index (κ2) is 6.40. The zero-order chi connectivity index (χ0) is 19.1. The maximum atomic E-state index is 12.8. The number of para-hydroxylation sites is 1. The zero-order valence-corrected chi connectivity index (χ0v) is 15.0. The quantitative estimate of drug-likeness (QED) is 0.680. The van der Waals surface area contributed by atoms with Crippen LogP contribution in [0.3, 0.4) is 0 Å². The molecule has 2 heterocycles. The predicted octanol–water partition coefficient (Wildman–Crippen LogP) is 4.56. The van der Waals surface area contributed by atoms with E-state index in [1.807, 2.05) is 30.3 Å². The van der Waals surface area contributed by atoms with Crippen molar-refractivity contribution in [3.8, 4) is 11.8 Å². The lowest BCUT2D eigenvalue weighted by atomic mass is 9.79. The Labute approximate surface area is 156 Å². The zero-order valence-electron chi connectivity index (χ0n) is 15.0.